The van der Waals surface area contributed by atoms with Crippen LogP contribution in [0.2, 0.25) is 0 Å². The summed E-state index contributed by atoms with van der Waals surface area (Å²) in [6.07, 6.45) is 0.947. The molecule has 6 heteroatoms. The third-order valence-corrected chi connectivity index (χ3v) is 5.41. The molecular weight excluding hydrogens is 348 g/mol. The van der Waals surface area contributed by atoms with Crippen LogP contribution in [0.1, 0.15) is 18.9 Å². The minimum absolute atomic E-state index is 0.122. The molecule has 0 unspecified atom stereocenters. The van der Waals surface area contributed by atoms with Gasteiger partial charge in [-0.25, -0.2) is 4.90 Å². The van der Waals surface area contributed by atoms with Gasteiger partial charge in [0.2, 0.25) is 17.7 Å². The molecule has 1 aliphatic heterocycles. The Bertz CT molecular complexity index is 823. The zero-order valence-corrected chi connectivity index (χ0v) is 15.3. The van der Waals surface area contributed by atoms with Gasteiger partial charge in [0.25, 0.3) is 0 Å². The van der Waals surface area contributed by atoms with Crippen molar-refractivity contribution in [3.05, 3.63) is 60.2 Å². The number of benzene rings is 2. The number of hydrogen-bond acceptors (Lipinski definition) is 4. The van der Waals surface area contributed by atoms with Crippen molar-refractivity contribution < 1.29 is 14.4 Å². The van der Waals surface area contributed by atoms with Gasteiger partial charge in [0.1, 0.15) is 0 Å². The van der Waals surface area contributed by atoms with E-state index >= 15 is 0 Å². The van der Waals surface area contributed by atoms with Crippen molar-refractivity contribution >= 4 is 40.9 Å². The van der Waals surface area contributed by atoms with Crippen LogP contribution in [0.5, 0.6) is 0 Å². The summed E-state index contributed by atoms with van der Waals surface area (Å²) in [4.78, 5) is 38.2. The Morgan fingerprint density at radius 2 is 1.81 bits per heavy atom. The Hall–Kier alpha value is -2.60. The number of carbonyl (C=O) groups excluding carboxylic acids is 3. The van der Waals surface area contributed by atoms with Gasteiger partial charge in [0.05, 0.1) is 16.7 Å². The fourth-order valence-electron chi connectivity index (χ4n) is 2.90. The second-order valence-electron chi connectivity index (χ2n) is 5.97. The smallest absolute Gasteiger partial charge is 0.247 e. The number of para-hydroxylation sites is 2. The van der Waals surface area contributed by atoms with Gasteiger partial charge < -0.3 is 5.32 Å². The third-order valence-electron chi connectivity index (χ3n) is 4.21. The monoisotopic (exact) mass is 368 g/mol. The summed E-state index contributed by atoms with van der Waals surface area (Å²) in [7, 11) is 0. The predicted octanol–water partition coefficient (Wildman–Crippen LogP) is 3.25. The molecule has 26 heavy (non-hydrogen) atoms. The van der Waals surface area contributed by atoms with Gasteiger partial charge in [-0.15, -0.1) is 11.8 Å². The fourth-order valence-corrected chi connectivity index (χ4v) is 3.83. The minimum Gasteiger partial charge on any atom is -0.325 e. The first-order chi connectivity index (χ1) is 12.6. The third kappa shape index (κ3) is 3.96. The number of amides is 3. The zero-order valence-electron chi connectivity index (χ0n) is 14.5. The van der Waals surface area contributed by atoms with Crippen LogP contribution in [0.15, 0.2) is 54.6 Å². The molecule has 2 aromatic rings. The SMILES string of the molecule is CCc1ccccc1NC(=O)CS[C@@H]1CC(=O)N(c2ccccc2)C1=O. The zero-order chi connectivity index (χ0) is 18.5. The highest BCUT2D eigenvalue weighted by Gasteiger charge is 2.39. The Morgan fingerprint density at radius 1 is 1.12 bits per heavy atom. The number of rotatable bonds is 6. The molecular formula is C20H20N2O3S. The minimum atomic E-state index is -0.519. The second kappa shape index (κ2) is 8.19. The maximum Gasteiger partial charge on any atom is 0.247 e. The number of nitrogens with zero attached hydrogens (tertiary/aromatic N) is 1. The molecule has 1 N–H and O–H groups in total. The van der Waals surface area contributed by atoms with Crippen LogP contribution in [-0.4, -0.2) is 28.7 Å². The number of anilines is 2. The molecule has 0 radical (unpaired) electrons. The Kier molecular flexibility index (Phi) is 5.73. The Labute approximate surface area is 156 Å². The summed E-state index contributed by atoms with van der Waals surface area (Å²) in [5, 5.41) is 2.37. The number of carbonyl (C=O) groups is 3. The van der Waals surface area contributed by atoms with Crippen molar-refractivity contribution in [2.45, 2.75) is 25.0 Å². The van der Waals surface area contributed by atoms with Gasteiger partial charge >= 0.3 is 0 Å². The van der Waals surface area contributed by atoms with E-state index in [9.17, 15) is 14.4 Å². The van der Waals surface area contributed by atoms with E-state index in [1.807, 2.05) is 37.3 Å². The van der Waals surface area contributed by atoms with Gasteiger partial charge in [-0.2, -0.15) is 0 Å². The van der Waals surface area contributed by atoms with Crippen LogP contribution in [0.25, 0.3) is 0 Å². The molecule has 3 rings (SSSR count). The first-order valence-corrected chi connectivity index (χ1v) is 9.56. The van der Waals surface area contributed by atoms with Crippen LogP contribution in [0, 0.1) is 0 Å². The quantitative estimate of drug-likeness (QED) is 0.795. The first kappa shape index (κ1) is 18.2. The van der Waals surface area contributed by atoms with Crippen LogP contribution < -0.4 is 10.2 Å². The number of aryl methyl sites for hydroxylation is 1. The van der Waals surface area contributed by atoms with E-state index in [-0.39, 0.29) is 29.9 Å². The largest absolute Gasteiger partial charge is 0.325 e. The second-order valence-corrected chi connectivity index (χ2v) is 7.16. The normalized spacial score (nSPS) is 16.8. The van der Waals surface area contributed by atoms with E-state index in [0.29, 0.717) is 5.69 Å². The lowest BCUT2D eigenvalue weighted by Crippen LogP contribution is -2.31. The lowest BCUT2D eigenvalue weighted by molar-refractivity contribution is -0.121. The molecule has 1 aliphatic rings. The number of imide groups is 1. The average molecular weight is 368 g/mol. The molecule has 0 bridgehead atoms. The van der Waals surface area contributed by atoms with Crippen LogP contribution >= 0.6 is 11.8 Å². The van der Waals surface area contributed by atoms with E-state index in [1.165, 1.54) is 16.7 Å². The molecule has 1 heterocycles. The van der Waals surface area contributed by atoms with Crippen molar-refractivity contribution in [2.24, 2.45) is 0 Å². The van der Waals surface area contributed by atoms with Crippen molar-refractivity contribution in [3.8, 4) is 0 Å². The van der Waals surface area contributed by atoms with E-state index < -0.39 is 5.25 Å². The van der Waals surface area contributed by atoms with Crippen molar-refractivity contribution in [1.29, 1.82) is 0 Å². The van der Waals surface area contributed by atoms with E-state index in [0.717, 1.165) is 17.7 Å². The molecule has 1 saturated heterocycles. The van der Waals surface area contributed by atoms with Crippen LogP contribution in [0.4, 0.5) is 11.4 Å². The molecule has 1 atom stereocenters. The highest BCUT2D eigenvalue weighted by molar-refractivity contribution is 8.01. The average Bonchev–Trinajstić information content (AvgIpc) is 2.94. The molecule has 1 fully saturated rings. The highest BCUT2D eigenvalue weighted by Crippen LogP contribution is 2.29. The maximum atomic E-state index is 12.5. The topological polar surface area (TPSA) is 66.5 Å². The molecule has 2 aromatic carbocycles. The first-order valence-electron chi connectivity index (χ1n) is 8.51. The van der Waals surface area contributed by atoms with Gasteiger partial charge in [0.15, 0.2) is 0 Å². The summed E-state index contributed by atoms with van der Waals surface area (Å²) >= 11 is 1.21. The number of nitrogens with one attached hydrogen (secondary N) is 1. The molecule has 134 valence electrons. The molecule has 0 saturated carbocycles. The van der Waals surface area contributed by atoms with E-state index in [1.54, 1.807) is 24.3 Å². The Morgan fingerprint density at radius 3 is 2.54 bits per heavy atom. The molecule has 0 aromatic heterocycles. The summed E-state index contributed by atoms with van der Waals surface area (Å²) in [6, 6.07) is 16.5. The molecule has 0 spiro atoms. The van der Waals surface area contributed by atoms with Crippen LogP contribution in [0.3, 0.4) is 0 Å². The van der Waals surface area contributed by atoms with E-state index in [2.05, 4.69) is 5.32 Å². The number of hydrogen-bond donors (Lipinski definition) is 1. The summed E-state index contributed by atoms with van der Waals surface area (Å²) < 4.78 is 0. The van der Waals surface area contributed by atoms with Crippen molar-refractivity contribution in [3.63, 3.8) is 0 Å². The van der Waals surface area contributed by atoms with Crippen molar-refractivity contribution in [2.75, 3.05) is 16.0 Å². The standard InChI is InChI=1S/C20H20N2O3S/c1-2-14-8-6-7-11-16(14)21-18(23)13-26-17-12-19(24)22(20(17)25)15-9-4-3-5-10-15/h3-11,17H,2,12-13H2,1H3,(H,21,23)/t17-/m1/s1. The van der Waals surface area contributed by atoms with Gasteiger partial charge in [-0.3, -0.25) is 14.4 Å². The van der Waals surface area contributed by atoms with Crippen LogP contribution in [-0.2, 0) is 20.8 Å². The summed E-state index contributed by atoms with van der Waals surface area (Å²) in [5.41, 5.74) is 2.43. The van der Waals surface area contributed by atoms with Gasteiger partial charge in [-0.05, 0) is 30.2 Å². The fraction of sp³-hybridized carbons (Fsp3) is 0.250. The van der Waals surface area contributed by atoms with Crippen molar-refractivity contribution in [1.82, 2.24) is 0 Å². The lowest BCUT2D eigenvalue weighted by Gasteiger charge is -2.14. The van der Waals surface area contributed by atoms with Gasteiger partial charge in [0, 0.05) is 12.1 Å². The number of thioether (sulfide) groups is 1. The lowest BCUT2D eigenvalue weighted by atomic mass is 10.1. The molecule has 0 aliphatic carbocycles. The predicted molar refractivity (Wildman–Crippen MR) is 104 cm³/mol. The molecule has 5 nitrogen and oxygen atoms in total. The highest BCUT2D eigenvalue weighted by atomic mass is 32.2. The van der Waals surface area contributed by atoms with Gasteiger partial charge in [-0.1, -0.05) is 43.3 Å². The summed E-state index contributed by atoms with van der Waals surface area (Å²) in [5.74, 6) is -0.526. The molecule has 3 amide bonds. The maximum absolute atomic E-state index is 12.5. The summed E-state index contributed by atoms with van der Waals surface area (Å²) in [6.45, 7) is 2.03. The Balaban J connectivity index is 1.59. The van der Waals surface area contributed by atoms with E-state index in [4.69, 9.17) is 0 Å².